The first-order valence-electron chi connectivity index (χ1n) is 9.53. The first-order chi connectivity index (χ1) is 12.4. The van der Waals surface area contributed by atoms with E-state index in [2.05, 4.69) is 0 Å². The predicted octanol–water partition coefficient (Wildman–Crippen LogP) is 2.61. The number of carboxylic acid groups (broad SMARTS) is 1. The number of carbonyl (C=O) groups is 2. The number of carbonyl (C=O) groups excluding carboxylic acids is 1. The molecule has 8 atom stereocenters. The van der Waals surface area contributed by atoms with Gasteiger partial charge in [-0.3, -0.25) is 4.79 Å². The van der Waals surface area contributed by atoms with Crippen LogP contribution in [0.3, 0.4) is 0 Å². The maximum absolute atomic E-state index is 16.6. The van der Waals surface area contributed by atoms with Crippen LogP contribution >= 0.6 is 0 Å². The summed E-state index contributed by atoms with van der Waals surface area (Å²) in [6, 6.07) is 0. The molecule has 7 heteroatoms. The second kappa shape index (κ2) is 5.17. The lowest BCUT2D eigenvalue weighted by Gasteiger charge is -2.59. The van der Waals surface area contributed by atoms with Gasteiger partial charge in [-0.15, -0.1) is 0 Å². The number of epoxide rings is 1. The molecule has 2 N–H and O–H groups in total. The zero-order chi connectivity index (χ0) is 20.2. The predicted molar refractivity (Wildman–Crippen MR) is 91.5 cm³/mol. The summed E-state index contributed by atoms with van der Waals surface area (Å²) in [6.45, 7) is 6.10. The Kier molecular flexibility index (Phi) is 3.64. The number of ketones is 1. The molecule has 4 aliphatic rings. The number of aliphatic hydroxyl groups excluding tert-OH is 1. The molecular weight excluding hydrogens is 358 g/mol. The molecule has 0 aromatic carbocycles. The number of fused-ring (bicyclic) bond motifs is 2. The van der Waals surface area contributed by atoms with Crippen molar-refractivity contribution < 1.29 is 33.3 Å². The van der Waals surface area contributed by atoms with Crippen LogP contribution in [0.4, 0.5) is 8.78 Å². The average Bonchev–Trinajstić information content (AvgIpc) is 3.15. The van der Waals surface area contributed by atoms with Gasteiger partial charge in [0.25, 0.3) is 0 Å². The molecule has 4 rings (SSSR count). The Morgan fingerprint density at radius 1 is 1.26 bits per heavy atom. The summed E-state index contributed by atoms with van der Waals surface area (Å²) < 4.78 is 37.4. The third-order valence-electron chi connectivity index (χ3n) is 7.99. The molecule has 0 unspecified atom stereocenters. The molecule has 150 valence electrons. The highest BCUT2D eigenvalue weighted by Crippen LogP contribution is 2.75. The van der Waals surface area contributed by atoms with Crippen molar-refractivity contribution >= 4 is 11.8 Å². The minimum atomic E-state index is -2.16. The van der Waals surface area contributed by atoms with Gasteiger partial charge in [-0.25, -0.2) is 13.6 Å². The molecule has 1 aliphatic heterocycles. The molecule has 4 fully saturated rings. The first-order valence-corrected chi connectivity index (χ1v) is 9.53. The summed E-state index contributed by atoms with van der Waals surface area (Å²) in [5.41, 5.74) is -6.03. The maximum atomic E-state index is 16.6. The van der Waals surface area contributed by atoms with Crippen LogP contribution in [0.25, 0.3) is 0 Å². The smallest absolute Gasteiger partial charge is 0.339 e. The zero-order valence-corrected chi connectivity index (χ0v) is 16.0. The highest BCUT2D eigenvalue weighted by Gasteiger charge is 2.88. The Bertz CT molecular complexity index is 763. The summed E-state index contributed by atoms with van der Waals surface area (Å²) in [4.78, 5) is 23.5. The lowest BCUT2D eigenvalue weighted by molar-refractivity contribution is -0.194. The number of ether oxygens (including phenoxy) is 1. The molecule has 3 aliphatic carbocycles. The number of aliphatic carboxylic acids is 1. The molecule has 0 aromatic rings. The van der Waals surface area contributed by atoms with E-state index in [1.165, 1.54) is 20.8 Å². The third kappa shape index (κ3) is 1.90. The van der Waals surface area contributed by atoms with Gasteiger partial charge in [0, 0.05) is 17.8 Å². The van der Waals surface area contributed by atoms with Gasteiger partial charge < -0.3 is 14.9 Å². The summed E-state index contributed by atoms with van der Waals surface area (Å²) >= 11 is 0. The quantitative estimate of drug-likeness (QED) is 0.565. The van der Waals surface area contributed by atoms with Gasteiger partial charge in [-0.2, -0.15) is 0 Å². The number of carboxylic acids is 1. The van der Waals surface area contributed by atoms with Gasteiger partial charge in [0.05, 0.1) is 6.10 Å². The highest BCUT2D eigenvalue weighted by molar-refractivity contribution is 5.88. The van der Waals surface area contributed by atoms with E-state index in [1.807, 2.05) is 0 Å². The van der Waals surface area contributed by atoms with Crippen molar-refractivity contribution in [3.63, 3.8) is 0 Å². The Balaban J connectivity index is 1.82. The normalized spacial score (nSPS) is 54.0. The number of hydrogen-bond donors (Lipinski definition) is 2. The number of aliphatic hydroxyl groups is 1. The topological polar surface area (TPSA) is 87.1 Å². The van der Waals surface area contributed by atoms with E-state index in [9.17, 15) is 19.8 Å². The average molecular weight is 384 g/mol. The SMILES string of the molecule is CC(=O)/C=C1/[C@@H](F)C[C@H]2[C@@H]3C[C@@H](C)[C@@]4(C(=O)O)O[C@]34C[C@H](O)[C@]2(F)C1(C)C. The number of hydrogen-bond acceptors (Lipinski definition) is 4. The fraction of sp³-hybridized carbons (Fsp3) is 0.800. The van der Waals surface area contributed by atoms with E-state index in [0.29, 0.717) is 6.42 Å². The van der Waals surface area contributed by atoms with Crippen molar-refractivity contribution in [1.82, 2.24) is 0 Å². The van der Waals surface area contributed by atoms with Crippen molar-refractivity contribution in [2.45, 2.75) is 76.1 Å². The number of allylic oxidation sites excluding steroid dienone is 2. The molecule has 0 aromatic heterocycles. The van der Waals surface area contributed by atoms with Crippen LogP contribution in [-0.4, -0.2) is 51.1 Å². The lowest BCUT2D eigenvalue weighted by Crippen LogP contribution is -2.67. The summed E-state index contributed by atoms with van der Waals surface area (Å²) in [5.74, 6) is -3.16. The van der Waals surface area contributed by atoms with E-state index in [-0.39, 0.29) is 30.1 Å². The van der Waals surface area contributed by atoms with Gasteiger partial charge >= 0.3 is 5.97 Å². The van der Waals surface area contributed by atoms with Crippen LogP contribution in [-0.2, 0) is 14.3 Å². The van der Waals surface area contributed by atoms with Crippen LogP contribution in [0, 0.1) is 23.2 Å². The largest absolute Gasteiger partial charge is 0.479 e. The van der Waals surface area contributed by atoms with E-state index in [0.717, 1.165) is 6.08 Å². The Hall–Kier alpha value is -1.34. The molecule has 1 heterocycles. The van der Waals surface area contributed by atoms with Crippen LogP contribution in [0.15, 0.2) is 11.6 Å². The van der Waals surface area contributed by atoms with Crippen LogP contribution in [0.5, 0.6) is 0 Å². The third-order valence-corrected chi connectivity index (χ3v) is 7.99. The second-order valence-electron chi connectivity index (χ2n) is 9.41. The Morgan fingerprint density at radius 2 is 1.89 bits per heavy atom. The summed E-state index contributed by atoms with van der Waals surface area (Å²) in [5, 5.41) is 20.6. The van der Waals surface area contributed by atoms with E-state index in [4.69, 9.17) is 4.74 Å². The number of rotatable bonds is 2. The van der Waals surface area contributed by atoms with Gasteiger partial charge in [0.15, 0.2) is 11.4 Å². The van der Waals surface area contributed by atoms with Gasteiger partial charge in [-0.05, 0) is 43.3 Å². The molecule has 27 heavy (non-hydrogen) atoms. The van der Waals surface area contributed by atoms with E-state index >= 15 is 8.78 Å². The second-order valence-corrected chi connectivity index (χ2v) is 9.41. The molecule has 5 nitrogen and oxygen atoms in total. The molecule has 0 radical (unpaired) electrons. The van der Waals surface area contributed by atoms with Crippen LogP contribution in [0.1, 0.15) is 47.0 Å². The van der Waals surface area contributed by atoms with Gasteiger partial charge in [-0.1, -0.05) is 20.8 Å². The van der Waals surface area contributed by atoms with Crippen molar-refractivity contribution in [2.75, 3.05) is 0 Å². The van der Waals surface area contributed by atoms with Crippen molar-refractivity contribution in [3.8, 4) is 0 Å². The van der Waals surface area contributed by atoms with E-state index < -0.39 is 52.4 Å². The summed E-state index contributed by atoms with van der Waals surface area (Å²) in [7, 11) is 0. The molecule has 0 amide bonds. The fourth-order valence-corrected chi connectivity index (χ4v) is 6.78. The fourth-order valence-electron chi connectivity index (χ4n) is 6.78. The van der Waals surface area contributed by atoms with Gasteiger partial charge in [0.2, 0.25) is 0 Å². The first kappa shape index (κ1) is 19.0. The maximum Gasteiger partial charge on any atom is 0.339 e. The van der Waals surface area contributed by atoms with Crippen LogP contribution in [0.2, 0.25) is 0 Å². The molecule has 3 saturated carbocycles. The highest BCUT2D eigenvalue weighted by atomic mass is 19.1. The molecule has 1 saturated heterocycles. The van der Waals surface area contributed by atoms with Crippen molar-refractivity contribution in [1.29, 1.82) is 0 Å². The monoisotopic (exact) mass is 384 g/mol. The van der Waals surface area contributed by atoms with E-state index in [1.54, 1.807) is 6.92 Å². The zero-order valence-electron chi connectivity index (χ0n) is 16.0. The Labute approximate surface area is 156 Å². The lowest BCUT2D eigenvalue weighted by atomic mass is 9.48. The Morgan fingerprint density at radius 3 is 2.41 bits per heavy atom. The molecular formula is C20H26F2O5. The van der Waals surface area contributed by atoms with Crippen molar-refractivity contribution in [2.24, 2.45) is 23.2 Å². The number of halogens is 2. The van der Waals surface area contributed by atoms with Gasteiger partial charge in [0.1, 0.15) is 17.4 Å². The molecule has 0 bridgehead atoms. The minimum Gasteiger partial charge on any atom is -0.479 e. The van der Waals surface area contributed by atoms with Crippen LogP contribution < -0.4 is 0 Å². The standard InChI is InChI=1S/C20H26F2O5/c1-9-5-11-12-7-14(21)13(6-10(2)23)17(3,4)19(12,22)15(24)8-18(11)20(9,27-18)16(25)26/h6,9,11-12,14-15,24H,5,7-8H2,1-4H3,(H,25,26)/b13-6-/t9-,11+,12+,14+,15+,18-,19+,20+/m1/s1. The minimum absolute atomic E-state index is 0.0657. The number of alkyl halides is 2. The molecule has 1 spiro atoms. The summed E-state index contributed by atoms with van der Waals surface area (Å²) in [6.07, 6.45) is -1.77. The van der Waals surface area contributed by atoms with Crippen molar-refractivity contribution in [3.05, 3.63) is 11.6 Å².